The van der Waals surface area contributed by atoms with Crippen LogP contribution in [-0.4, -0.2) is 40.3 Å². The smallest absolute Gasteiger partial charge is 0.321 e. The van der Waals surface area contributed by atoms with Crippen molar-refractivity contribution in [1.29, 1.82) is 0 Å². The fourth-order valence-corrected chi connectivity index (χ4v) is 3.53. The van der Waals surface area contributed by atoms with Gasteiger partial charge in [0.2, 0.25) is 10.0 Å². The summed E-state index contributed by atoms with van der Waals surface area (Å²) >= 11 is 0. The first-order valence-electron chi connectivity index (χ1n) is 7.16. The van der Waals surface area contributed by atoms with E-state index in [1.165, 1.54) is 12.3 Å². The van der Waals surface area contributed by atoms with Gasteiger partial charge in [0, 0.05) is 18.6 Å². The quantitative estimate of drug-likeness (QED) is 0.812. The molecule has 8 nitrogen and oxygen atoms in total. The Morgan fingerprint density at radius 3 is 2.65 bits per heavy atom. The highest BCUT2D eigenvalue weighted by Gasteiger charge is 2.27. The Morgan fingerprint density at radius 2 is 2.09 bits per heavy atom. The van der Waals surface area contributed by atoms with Crippen LogP contribution >= 0.6 is 0 Å². The fourth-order valence-electron chi connectivity index (χ4n) is 2.36. The van der Waals surface area contributed by atoms with Crippen LogP contribution in [0.1, 0.15) is 26.0 Å². The number of carboxylic acid groups (broad SMARTS) is 1. The van der Waals surface area contributed by atoms with Crippen LogP contribution in [0.25, 0.3) is 11.0 Å². The van der Waals surface area contributed by atoms with E-state index in [0.717, 1.165) is 0 Å². The molecule has 0 aromatic carbocycles. The van der Waals surface area contributed by atoms with E-state index in [-0.39, 0.29) is 17.2 Å². The maximum absolute atomic E-state index is 12.4. The molecular weight excluding hydrogens is 320 g/mol. The molecule has 23 heavy (non-hydrogen) atoms. The maximum Gasteiger partial charge on any atom is 0.321 e. The predicted molar refractivity (Wildman–Crippen MR) is 84.4 cm³/mol. The lowest BCUT2D eigenvalue weighted by atomic mass is 10.1. The molecule has 0 saturated heterocycles. The number of aliphatic carboxylic acids is 1. The van der Waals surface area contributed by atoms with Crippen LogP contribution in [0.5, 0.6) is 0 Å². The zero-order valence-corrected chi connectivity index (χ0v) is 14.3. The highest BCUT2D eigenvalue weighted by molar-refractivity contribution is 7.89. The van der Waals surface area contributed by atoms with Gasteiger partial charge in [-0.2, -0.15) is 9.82 Å². The van der Waals surface area contributed by atoms with Crippen molar-refractivity contribution in [1.82, 2.24) is 19.5 Å². The van der Waals surface area contributed by atoms with Crippen molar-refractivity contribution in [2.24, 2.45) is 13.0 Å². The van der Waals surface area contributed by atoms with Gasteiger partial charge in [0.25, 0.3) is 0 Å². The number of pyridine rings is 1. The maximum atomic E-state index is 12.4. The molecule has 0 spiro atoms. The summed E-state index contributed by atoms with van der Waals surface area (Å²) < 4.78 is 28.7. The van der Waals surface area contributed by atoms with Crippen LogP contribution in [-0.2, 0) is 21.9 Å². The number of carbonyl (C=O) groups is 1. The second kappa shape index (κ2) is 6.25. The van der Waals surface area contributed by atoms with Crippen molar-refractivity contribution >= 4 is 27.0 Å². The molecule has 2 aromatic heterocycles. The van der Waals surface area contributed by atoms with Crippen molar-refractivity contribution < 1.29 is 18.3 Å². The Balaban J connectivity index is 2.39. The van der Waals surface area contributed by atoms with Gasteiger partial charge < -0.3 is 5.11 Å². The summed E-state index contributed by atoms with van der Waals surface area (Å²) in [5.74, 6) is -1.16. The van der Waals surface area contributed by atoms with E-state index in [1.54, 1.807) is 18.7 Å². The predicted octanol–water partition coefficient (Wildman–Crippen LogP) is 1.05. The third-order valence-corrected chi connectivity index (χ3v) is 4.89. The number of fused-ring (bicyclic) bond motifs is 1. The van der Waals surface area contributed by atoms with Crippen LogP contribution in [0.3, 0.4) is 0 Å². The van der Waals surface area contributed by atoms with Crippen LogP contribution in [0.2, 0.25) is 0 Å². The Bertz CT molecular complexity index is 842. The topological polar surface area (TPSA) is 114 Å². The zero-order valence-electron chi connectivity index (χ0n) is 13.4. The van der Waals surface area contributed by atoms with Gasteiger partial charge in [-0.1, -0.05) is 13.8 Å². The van der Waals surface area contributed by atoms with E-state index >= 15 is 0 Å². The van der Waals surface area contributed by atoms with Gasteiger partial charge >= 0.3 is 5.97 Å². The number of aromatic nitrogens is 3. The van der Waals surface area contributed by atoms with Crippen molar-refractivity contribution in [2.75, 3.05) is 0 Å². The van der Waals surface area contributed by atoms with Crippen LogP contribution < -0.4 is 4.72 Å². The summed E-state index contributed by atoms with van der Waals surface area (Å²) in [6, 6.07) is 0.284. The first-order valence-corrected chi connectivity index (χ1v) is 8.64. The van der Waals surface area contributed by atoms with Crippen molar-refractivity contribution in [2.45, 2.75) is 38.1 Å². The molecule has 0 fully saturated rings. The molecule has 9 heteroatoms. The van der Waals surface area contributed by atoms with Gasteiger partial charge in [0.1, 0.15) is 10.9 Å². The highest BCUT2D eigenvalue weighted by atomic mass is 32.2. The van der Waals surface area contributed by atoms with E-state index < -0.39 is 22.0 Å². The molecule has 2 aromatic rings. The van der Waals surface area contributed by atoms with Gasteiger partial charge in [-0.05, 0) is 25.3 Å². The van der Waals surface area contributed by atoms with Gasteiger partial charge in [-0.3, -0.25) is 9.48 Å². The summed E-state index contributed by atoms with van der Waals surface area (Å²) in [4.78, 5) is 15.3. The summed E-state index contributed by atoms with van der Waals surface area (Å²) in [5.41, 5.74) is 1.22. The zero-order chi connectivity index (χ0) is 17.4. The number of nitrogens with one attached hydrogen (secondary N) is 1. The highest BCUT2D eigenvalue weighted by Crippen LogP contribution is 2.20. The van der Waals surface area contributed by atoms with Crippen LogP contribution in [0.4, 0.5) is 0 Å². The fraction of sp³-hybridized carbons (Fsp3) is 0.500. The van der Waals surface area contributed by atoms with Gasteiger partial charge in [-0.25, -0.2) is 13.4 Å². The lowest BCUT2D eigenvalue weighted by Gasteiger charge is -2.16. The molecule has 2 N–H and O–H groups in total. The van der Waals surface area contributed by atoms with Crippen molar-refractivity contribution in [3.8, 4) is 0 Å². The normalized spacial score (nSPS) is 13.6. The summed E-state index contributed by atoms with van der Waals surface area (Å²) in [6.45, 7) is 5.42. The molecule has 0 saturated carbocycles. The lowest BCUT2D eigenvalue weighted by Crippen LogP contribution is -2.41. The van der Waals surface area contributed by atoms with Gasteiger partial charge in [-0.15, -0.1) is 0 Å². The first kappa shape index (κ1) is 17.4. The third-order valence-electron chi connectivity index (χ3n) is 3.45. The molecule has 0 radical (unpaired) electrons. The number of sulfonamides is 1. The minimum absolute atomic E-state index is 0.0416. The van der Waals surface area contributed by atoms with E-state index in [4.69, 9.17) is 0 Å². The summed E-state index contributed by atoms with van der Waals surface area (Å²) in [5, 5.41) is 14.0. The minimum atomic E-state index is -3.98. The molecule has 0 bridgehead atoms. The second-order valence-corrected chi connectivity index (χ2v) is 7.61. The molecule has 1 unspecified atom stereocenters. The number of aryl methyl sites for hydroxylation is 2. The Morgan fingerprint density at radius 1 is 1.43 bits per heavy atom. The number of rotatable bonds is 6. The van der Waals surface area contributed by atoms with E-state index in [0.29, 0.717) is 16.7 Å². The standard InChI is InChI=1S/C14H20N4O4S/c1-8(2)5-12(14(19)20)17-23(21,22)10-6-11-9(3)16-18(4)13(11)15-7-10/h6-8,12,17H,5H2,1-4H3,(H,19,20). The molecule has 0 aliphatic heterocycles. The van der Waals surface area contributed by atoms with Gasteiger partial charge in [0.05, 0.1) is 5.69 Å². The second-order valence-electron chi connectivity index (χ2n) is 5.89. The monoisotopic (exact) mass is 340 g/mol. The summed E-state index contributed by atoms with van der Waals surface area (Å²) in [7, 11) is -2.26. The molecule has 126 valence electrons. The molecule has 0 amide bonds. The molecule has 0 aliphatic rings. The van der Waals surface area contributed by atoms with E-state index in [2.05, 4.69) is 14.8 Å². The average molecular weight is 340 g/mol. The number of hydrogen-bond donors (Lipinski definition) is 2. The van der Waals surface area contributed by atoms with Crippen LogP contribution in [0, 0.1) is 12.8 Å². The summed E-state index contributed by atoms with van der Waals surface area (Å²) in [6.07, 6.45) is 1.41. The lowest BCUT2D eigenvalue weighted by molar-refractivity contribution is -0.139. The number of hydrogen-bond acceptors (Lipinski definition) is 5. The Kier molecular flexibility index (Phi) is 4.71. The number of nitrogens with zero attached hydrogens (tertiary/aromatic N) is 3. The third kappa shape index (κ3) is 3.67. The number of carboxylic acids is 1. The molecule has 2 heterocycles. The Hall–Kier alpha value is -2.00. The first-order chi connectivity index (χ1) is 10.6. The van der Waals surface area contributed by atoms with Crippen molar-refractivity contribution in [3.05, 3.63) is 18.0 Å². The Labute approximate surface area is 134 Å². The average Bonchev–Trinajstić information content (AvgIpc) is 2.72. The van der Waals surface area contributed by atoms with Gasteiger partial charge in [0.15, 0.2) is 5.65 Å². The van der Waals surface area contributed by atoms with E-state index in [1.807, 2.05) is 13.8 Å². The largest absolute Gasteiger partial charge is 0.480 e. The SMILES string of the molecule is Cc1nn(C)c2ncc(S(=O)(=O)NC(CC(C)C)C(=O)O)cc12. The van der Waals surface area contributed by atoms with Crippen LogP contribution in [0.15, 0.2) is 17.2 Å². The minimum Gasteiger partial charge on any atom is -0.480 e. The molecule has 1 atom stereocenters. The molecule has 0 aliphatic carbocycles. The molecule has 2 rings (SSSR count). The van der Waals surface area contributed by atoms with Crippen molar-refractivity contribution in [3.63, 3.8) is 0 Å². The van der Waals surface area contributed by atoms with E-state index in [9.17, 15) is 18.3 Å². The molecular formula is C14H20N4O4S.